The third-order valence-electron chi connectivity index (χ3n) is 10.1. The van der Waals surface area contributed by atoms with Crippen LogP contribution in [0.2, 0.25) is 0 Å². The van der Waals surface area contributed by atoms with E-state index >= 15 is 0 Å². The number of likely N-dealkylation sites (tertiary alicyclic amines) is 1. The van der Waals surface area contributed by atoms with Gasteiger partial charge >= 0.3 is 0 Å². The molecule has 4 amide bonds. The maximum Gasteiger partial charge on any atom is 0.273 e. The highest BCUT2D eigenvalue weighted by Gasteiger charge is 2.72. The Bertz CT molecular complexity index is 1710. The van der Waals surface area contributed by atoms with E-state index < -0.39 is 78.1 Å². The molecule has 51 heavy (non-hydrogen) atoms. The second kappa shape index (κ2) is 14.7. The Kier molecular flexibility index (Phi) is 10.3. The van der Waals surface area contributed by atoms with E-state index in [1.807, 2.05) is 13.1 Å². The average Bonchev–Trinajstić information content (AvgIpc) is 3.46. The molecule has 2 aliphatic heterocycles. The highest BCUT2D eigenvalue weighted by molar-refractivity contribution is 5.84. The highest BCUT2D eigenvalue weighted by atomic mass is 16.6. The number of phenolic OH excluding ortho intramolecular Hbond substituents is 1. The molecule has 18 nitrogen and oxygen atoms in total. The molecule has 18 heteroatoms. The first kappa shape index (κ1) is 35.8. The van der Waals surface area contributed by atoms with Gasteiger partial charge in [0.05, 0.1) is 34.6 Å². The van der Waals surface area contributed by atoms with Gasteiger partial charge in [0.25, 0.3) is 17.5 Å². The Morgan fingerprint density at radius 2 is 1.73 bits per heavy atom. The maximum atomic E-state index is 12.9. The number of likely N-dealkylation sites (N-methyl/N-ethyl adjacent to an activating group) is 1. The largest absolute Gasteiger partial charge is 0.504 e. The average molecular weight is 713 g/mol. The van der Waals surface area contributed by atoms with E-state index in [-0.39, 0.29) is 36.4 Å². The van der Waals surface area contributed by atoms with Crippen LogP contribution in [0.3, 0.4) is 0 Å². The first-order valence-corrected chi connectivity index (χ1v) is 16.5. The molecule has 0 unspecified atom stereocenters. The van der Waals surface area contributed by atoms with Crippen LogP contribution in [0, 0.1) is 10.1 Å². The number of nitrogens with one attached hydrogen (secondary N) is 4. The molecule has 2 bridgehead atoms. The maximum absolute atomic E-state index is 12.9. The van der Waals surface area contributed by atoms with E-state index in [0.29, 0.717) is 31.4 Å². The quantitative estimate of drug-likeness (QED) is 0.0779. The zero-order valence-electron chi connectivity index (χ0n) is 27.8. The van der Waals surface area contributed by atoms with Crippen LogP contribution in [0.15, 0.2) is 36.4 Å². The van der Waals surface area contributed by atoms with Crippen LogP contribution >= 0.6 is 0 Å². The van der Waals surface area contributed by atoms with Crippen molar-refractivity contribution in [3.63, 3.8) is 0 Å². The number of carbonyl (C=O) groups excluding carboxylic acids is 4. The van der Waals surface area contributed by atoms with E-state index in [1.54, 1.807) is 12.1 Å². The Labute approximate surface area is 291 Å². The Morgan fingerprint density at radius 1 is 1.02 bits per heavy atom. The molecular formula is C33H40N6O12. The van der Waals surface area contributed by atoms with Crippen molar-refractivity contribution in [2.75, 3.05) is 53.2 Å². The Balaban J connectivity index is 0.873. The van der Waals surface area contributed by atoms with E-state index in [9.17, 15) is 39.5 Å². The van der Waals surface area contributed by atoms with Gasteiger partial charge in [0.2, 0.25) is 11.8 Å². The standard InChI is InChI=1S/C33H40N6O12/c1-38-11-9-32-29-19-5-6-23(40)30(29)51-31(32)22(7-8-33(32,45)24(38)13-19)35-26(42)16-49-18-28(44)37-36-27(43)17-48-15-25(41)34-10-12-50-21-4-2-3-20(14-21)39(46)47/h2-6,14,22,24,31,40,45H,7-13,15-18H2,1H3,(H,34,41)(H,35,42)(H,36,43)(H,37,44)/t22-,24+,31-,32-,33+/m0/s1. The first-order valence-electron chi connectivity index (χ1n) is 16.5. The van der Waals surface area contributed by atoms with Crippen molar-refractivity contribution in [3.8, 4) is 17.2 Å². The van der Waals surface area contributed by atoms with E-state index in [0.717, 1.165) is 17.7 Å². The normalized spacial score (nSPS) is 25.5. The van der Waals surface area contributed by atoms with E-state index in [2.05, 4.69) is 26.4 Å². The molecule has 6 N–H and O–H groups in total. The van der Waals surface area contributed by atoms with E-state index in [1.165, 1.54) is 18.2 Å². The number of phenols is 1. The van der Waals surface area contributed by atoms with Gasteiger partial charge in [-0.25, -0.2) is 0 Å². The number of benzene rings is 2. The number of ether oxygens (including phenoxy) is 4. The fourth-order valence-electron chi connectivity index (χ4n) is 7.93. The molecule has 274 valence electrons. The van der Waals surface area contributed by atoms with Crippen LogP contribution < -0.4 is 31.0 Å². The monoisotopic (exact) mass is 712 g/mol. The van der Waals surface area contributed by atoms with Crippen molar-refractivity contribution in [2.45, 2.75) is 54.9 Å². The molecule has 0 aromatic heterocycles. The van der Waals surface area contributed by atoms with Gasteiger partial charge in [0.15, 0.2) is 11.5 Å². The minimum absolute atomic E-state index is 0.000703. The molecule has 2 aliphatic carbocycles. The smallest absolute Gasteiger partial charge is 0.273 e. The molecule has 2 aromatic carbocycles. The number of hydrogen-bond acceptors (Lipinski definition) is 13. The molecule has 4 aliphatic rings. The number of rotatable bonds is 14. The van der Waals surface area contributed by atoms with Gasteiger partial charge in [-0.15, -0.1) is 0 Å². The van der Waals surface area contributed by atoms with Crippen LogP contribution in [0.1, 0.15) is 30.4 Å². The number of aliphatic hydroxyl groups is 1. The lowest BCUT2D eigenvalue weighted by atomic mass is 9.48. The molecule has 2 heterocycles. The topological polar surface area (TPSA) is 240 Å². The lowest BCUT2D eigenvalue weighted by Gasteiger charge is -2.63. The number of carbonyl (C=O) groups is 4. The van der Waals surface area contributed by atoms with Gasteiger partial charge in [-0.2, -0.15) is 0 Å². The summed E-state index contributed by atoms with van der Waals surface area (Å²) in [6, 6.07) is 8.49. The number of piperidine rings is 1. The molecule has 1 saturated carbocycles. The number of non-ortho nitro benzene ring substituents is 1. The molecule has 2 aromatic rings. The predicted octanol–water partition coefficient (Wildman–Crippen LogP) is -1.06. The van der Waals surface area contributed by atoms with Gasteiger partial charge < -0.3 is 44.7 Å². The number of amides is 4. The van der Waals surface area contributed by atoms with Crippen LogP contribution in [0.25, 0.3) is 0 Å². The summed E-state index contributed by atoms with van der Waals surface area (Å²) in [6.07, 6.45) is 1.50. The Morgan fingerprint density at radius 3 is 2.45 bits per heavy atom. The van der Waals surface area contributed by atoms with Gasteiger partial charge in [-0.05, 0) is 57.0 Å². The molecular weight excluding hydrogens is 672 g/mol. The fraction of sp³-hybridized carbons (Fsp3) is 0.515. The number of nitro benzene ring substituents is 1. The summed E-state index contributed by atoms with van der Waals surface area (Å²) in [7, 11) is 2.00. The first-order chi connectivity index (χ1) is 24.4. The SMILES string of the molecule is CN1CC[C@]23c4c5ccc(O)c4O[C@H]2[C@@H](NC(=O)COCC(=O)NNC(=O)COCC(=O)NCCOc2cccc([N+](=O)[O-])c2)CC[C@@]3(O)[C@H]1C5. The fourth-order valence-corrected chi connectivity index (χ4v) is 7.93. The number of hydrogen-bond donors (Lipinski definition) is 6. The number of aromatic hydroxyl groups is 1. The number of nitro groups is 1. The zero-order valence-corrected chi connectivity index (χ0v) is 27.8. The number of hydrazine groups is 1. The van der Waals surface area contributed by atoms with Crippen LogP contribution in [-0.4, -0.2) is 121 Å². The van der Waals surface area contributed by atoms with Crippen molar-refractivity contribution in [2.24, 2.45) is 0 Å². The summed E-state index contributed by atoms with van der Waals surface area (Å²) < 4.78 is 22.0. The molecule has 1 spiro atoms. The predicted molar refractivity (Wildman–Crippen MR) is 175 cm³/mol. The van der Waals surface area contributed by atoms with Crippen molar-refractivity contribution in [1.29, 1.82) is 0 Å². The third kappa shape index (κ3) is 6.99. The van der Waals surface area contributed by atoms with Crippen LogP contribution in [0.5, 0.6) is 17.2 Å². The Hall–Kier alpha value is -5.04. The minimum atomic E-state index is -1.09. The summed E-state index contributed by atoms with van der Waals surface area (Å²) in [5.41, 5.74) is 4.09. The second-order valence-corrected chi connectivity index (χ2v) is 13.1. The molecule has 0 radical (unpaired) electrons. The van der Waals surface area contributed by atoms with Crippen molar-refractivity contribution >= 4 is 29.3 Å². The molecule has 6 rings (SSSR count). The lowest BCUT2D eigenvalue weighted by Crippen LogP contribution is -2.77. The van der Waals surface area contributed by atoms with Gasteiger partial charge in [0, 0.05) is 17.7 Å². The summed E-state index contributed by atoms with van der Waals surface area (Å²) >= 11 is 0. The summed E-state index contributed by atoms with van der Waals surface area (Å²) in [4.78, 5) is 61.4. The van der Waals surface area contributed by atoms with Crippen LogP contribution in [0.4, 0.5) is 5.69 Å². The van der Waals surface area contributed by atoms with Crippen LogP contribution in [-0.2, 0) is 40.5 Å². The van der Waals surface area contributed by atoms with Gasteiger partial charge in [-0.1, -0.05) is 12.1 Å². The highest BCUT2D eigenvalue weighted by Crippen LogP contribution is 2.65. The summed E-state index contributed by atoms with van der Waals surface area (Å²) in [5.74, 6) is -1.87. The van der Waals surface area contributed by atoms with E-state index in [4.69, 9.17) is 18.9 Å². The minimum Gasteiger partial charge on any atom is -0.504 e. The molecule has 5 atom stereocenters. The molecule has 1 saturated heterocycles. The second-order valence-electron chi connectivity index (χ2n) is 13.1. The third-order valence-corrected chi connectivity index (χ3v) is 10.1. The van der Waals surface area contributed by atoms with Gasteiger partial charge in [0.1, 0.15) is 44.9 Å². The lowest BCUT2D eigenvalue weighted by molar-refractivity contribution is -0.384. The number of nitrogens with zero attached hydrogens (tertiary/aromatic N) is 2. The van der Waals surface area contributed by atoms with Gasteiger partial charge in [-0.3, -0.25) is 40.1 Å². The van der Waals surface area contributed by atoms with Crippen molar-refractivity contribution in [1.82, 2.24) is 26.4 Å². The summed E-state index contributed by atoms with van der Waals surface area (Å²) in [6.45, 7) is -1.13. The van der Waals surface area contributed by atoms with Crippen molar-refractivity contribution < 1.29 is 53.3 Å². The summed E-state index contributed by atoms with van der Waals surface area (Å²) in [5, 5.41) is 39.2. The molecule has 2 fully saturated rings. The zero-order chi connectivity index (χ0) is 36.3. The van der Waals surface area contributed by atoms with Crippen molar-refractivity contribution in [3.05, 3.63) is 57.6 Å².